The molecule has 0 aliphatic heterocycles. The molecule has 3 unspecified atom stereocenters. The molecule has 0 aromatic carbocycles. The van der Waals surface area contributed by atoms with Crippen LogP contribution in [0.15, 0.2) is 10.6 Å². The third-order valence-electron chi connectivity index (χ3n) is 8.71. The van der Waals surface area contributed by atoms with Crippen molar-refractivity contribution in [3.63, 3.8) is 0 Å². The van der Waals surface area contributed by atoms with E-state index in [2.05, 4.69) is 13.8 Å². The molecule has 0 N–H and O–H groups in total. The maximum absolute atomic E-state index is 11.5. The van der Waals surface area contributed by atoms with Crippen LogP contribution in [0.5, 0.6) is 0 Å². The Morgan fingerprint density at radius 2 is 1.92 bits per heavy atom. The predicted octanol–water partition coefficient (Wildman–Crippen LogP) is 5.26. The molecule has 4 rings (SSSR count). The van der Waals surface area contributed by atoms with Crippen LogP contribution < -0.4 is 0 Å². The minimum Gasteiger partial charge on any atom is -0.463 e. The Balaban J connectivity index is 1.56. The minimum absolute atomic E-state index is 0.0110. The van der Waals surface area contributed by atoms with Crippen molar-refractivity contribution >= 4 is 23.9 Å². The third kappa shape index (κ3) is 2.60. The summed E-state index contributed by atoms with van der Waals surface area (Å²) in [5, 5.41) is 0.849. The van der Waals surface area contributed by atoms with Crippen molar-refractivity contribution in [2.45, 2.75) is 78.2 Å². The van der Waals surface area contributed by atoms with Crippen molar-refractivity contribution in [3.8, 4) is 0 Å². The number of allylic oxidation sites excluding steroid dienone is 2. The molecule has 4 aliphatic carbocycles. The van der Waals surface area contributed by atoms with Crippen molar-refractivity contribution in [2.24, 2.45) is 34.5 Å². The second-order valence-corrected chi connectivity index (χ2v) is 10.2. The number of carbonyl (C=O) groups is 2. The highest BCUT2D eigenvalue weighted by atomic mass is 35.5. The highest BCUT2D eigenvalue weighted by Gasteiger charge is 2.59. The molecule has 144 valence electrons. The molecule has 4 aliphatic rings. The normalized spacial score (nSPS) is 47.6. The second kappa shape index (κ2) is 6.36. The van der Waals surface area contributed by atoms with Gasteiger partial charge >= 0.3 is 5.97 Å². The van der Waals surface area contributed by atoms with Gasteiger partial charge in [-0.15, -0.1) is 0 Å². The van der Waals surface area contributed by atoms with E-state index in [1.54, 1.807) is 0 Å². The SMILES string of the molecule is CC(=O)O[C@H]1CC[C@]2(C)C3CC[C@]4(C)C(Cl)=C(C=O)CC4C3CC[C@H]2C1. The van der Waals surface area contributed by atoms with Gasteiger partial charge in [-0.3, -0.25) is 9.59 Å². The van der Waals surface area contributed by atoms with Crippen LogP contribution in [-0.4, -0.2) is 18.4 Å². The van der Waals surface area contributed by atoms with Gasteiger partial charge in [-0.1, -0.05) is 25.4 Å². The quantitative estimate of drug-likeness (QED) is 0.486. The molecule has 0 aromatic heterocycles. The van der Waals surface area contributed by atoms with Crippen LogP contribution in [-0.2, 0) is 14.3 Å². The van der Waals surface area contributed by atoms with Crippen LogP contribution in [0.3, 0.4) is 0 Å². The Labute approximate surface area is 161 Å². The molecular weight excluding hydrogens is 348 g/mol. The topological polar surface area (TPSA) is 43.4 Å². The van der Waals surface area contributed by atoms with Crippen LogP contribution in [0.25, 0.3) is 0 Å². The molecule has 0 amide bonds. The highest BCUT2D eigenvalue weighted by molar-refractivity contribution is 6.32. The lowest BCUT2D eigenvalue weighted by atomic mass is 9.45. The fraction of sp³-hybridized carbons (Fsp3) is 0.818. The van der Waals surface area contributed by atoms with Crippen LogP contribution in [0, 0.1) is 34.5 Å². The zero-order valence-corrected chi connectivity index (χ0v) is 17.0. The first-order chi connectivity index (χ1) is 12.3. The number of fused-ring (bicyclic) bond motifs is 5. The number of rotatable bonds is 2. The first-order valence-electron chi connectivity index (χ1n) is 10.3. The summed E-state index contributed by atoms with van der Waals surface area (Å²) in [4.78, 5) is 22.9. The molecule has 0 radical (unpaired) electrons. The van der Waals surface area contributed by atoms with Gasteiger partial charge in [-0.05, 0) is 80.5 Å². The Hall–Kier alpha value is -0.830. The lowest BCUT2D eigenvalue weighted by Crippen LogP contribution is -2.53. The van der Waals surface area contributed by atoms with E-state index in [1.807, 2.05) is 0 Å². The van der Waals surface area contributed by atoms with Gasteiger partial charge in [0, 0.05) is 22.9 Å². The summed E-state index contributed by atoms with van der Waals surface area (Å²) in [6, 6.07) is 0. The summed E-state index contributed by atoms with van der Waals surface area (Å²) >= 11 is 6.66. The molecule has 3 fully saturated rings. The van der Waals surface area contributed by atoms with Crippen LogP contribution in [0.2, 0.25) is 0 Å². The van der Waals surface area contributed by atoms with Gasteiger partial charge in [0.2, 0.25) is 0 Å². The Morgan fingerprint density at radius 3 is 2.62 bits per heavy atom. The molecule has 0 saturated heterocycles. The predicted molar refractivity (Wildman–Crippen MR) is 102 cm³/mol. The Kier molecular flexibility index (Phi) is 4.53. The highest BCUT2D eigenvalue weighted by Crippen LogP contribution is 2.67. The summed E-state index contributed by atoms with van der Waals surface area (Å²) in [5.41, 5.74) is 1.21. The summed E-state index contributed by atoms with van der Waals surface area (Å²) in [5.74, 6) is 2.42. The first kappa shape index (κ1) is 18.5. The summed E-state index contributed by atoms with van der Waals surface area (Å²) in [6.45, 7) is 6.30. The summed E-state index contributed by atoms with van der Waals surface area (Å²) < 4.78 is 5.55. The molecule has 7 atom stereocenters. The van der Waals surface area contributed by atoms with E-state index >= 15 is 0 Å². The number of halogens is 1. The maximum atomic E-state index is 11.5. The summed E-state index contributed by atoms with van der Waals surface area (Å²) in [7, 11) is 0. The van der Waals surface area contributed by atoms with Gasteiger partial charge in [0.05, 0.1) is 0 Å². The lowest BCUT2D eigenvalue weighted by molar-refractivity contribution is -0.158. The maximum Gasteiger partial charge on any atom is 0.302 e. The van der Waals surface area contributed by atoms with E-state index in [4.69, 9.17) is 16.3 Å². The number of hydrogen-bond donors (Lipinski definition) is 0. The van der Waals surface area contributed by atoms with Crippen molar-refractivity contribution in [1.82, 2.24) is 0 Å². The molecule has 0 spiro atoms. The number of aldehydes is 1. The van der Waals surface area contributed by atoms with Gasteiger partial charge < -0.3 is 4.74 Å². The number of esters is 1. The van der Waals surface area contributed by atoms with Crippen molar-refractivity contribution in [1.29, 1.82) is 0 Å². The molecule has 0 bridgehead atoms. The fourth-order valence-electron chi connectivity index (χ4n) is 7.32. The molecular formula is C22H31ClO3. The van der Waals surface area contributed by atoms with E-state index in [0.29, 0.717) is 29.1 Å². The van der Waals surface area contributed by atoms with E-state index in [1.165, 1.54) is 26.2 Å². The van der Waals surface area contributed by atoms with Gasteiger partial charge in [0.25, 0.3) is 0 Å². The summed E-state index contributed by atoms with van der Waals surface area (Å²) in [6.07, 6.45) is 9.92. The number of hydrogen-bond acceptors (Lipinski definition) is 3. The van der Waals surface area contributed by atoms with Crippen molar-refractivity contribution < 1.29 is 14.3 Å². The van der Waals surface area contributed by atoms with E-state index < -0.39 is 0 Å². The van der Waals surface area contributed by atoms with Crippen LogP contribution in [0.1, 0.15) is 72.1 Å². The van der Waals surface area contributed by atoms with Gasteiger partial charge in [0.1, 0.15) is 12.4 Å². The van der Waals surface area contributed by atoms with E-state index in [-0.39, 0.29) is 17.5 Å². The average molecular weight is 379 g/mol. The second-order valence-electron chi connectivity index (χ2n) is 9.78. The lowest BCUT2D eigenvalue weighted by Gasteiger charge is -2.60. The molecule has 4 heteroatoms. The molecule has 26 heavy (non-hydrogen) atoms. The zero-order chi connectivity index (χ0) is 18.7. The standard InChI is InChI=1S/C22H31ClO3/c1-13(25)26-16-6-8-21(2)15(11-16)4-5-17-18(21)7-9-22(3)19(17)10-14(12-24)20(22)23/h12,15-19H,4-11H2,1-3H3/t15-,16-,17?,18?,19?,21-,22-/m0/s1. The van der Waals surface area contributed by atoms with Gasteiger partial charge in [-0.25, -0.2) is 0 Å². The molecule has 3 saturated carbocycles. The Bertz CT molecular complexity index is 656. The molecule has 0 aromatic rings. The fourth-order valence-corrected chi connectivity index (χ4v) is 7.68. The average Bonchev–Trinajstić information content (AvgIpc) is 2.86. The largest absolute Gasteiger partial charge is 0.463 e. The smallest absolute Gasteiger partial charge is 0.302 e. The number of ether oxygens (including phenoxy) is 1. The Morgan fingerprint density at radius 1 is 1.15 bits per heavy atom. The monoisotopic (exact) mass is 378 g/mol. The molecule has 0 heterocycles. The van der Waals surface area contributed by atoms with E-state index in [9.17, 15) is 9.59 Å². The zero-order valence-electron chi connectivity index (χ0n) is 16.2. The van der Waals surface area contributed by atoms with Gasteiger partial charge in [-0.2, -0.15) is 0 Å². The number of carbonyl (C=O) groups excluding carboxylic acids is 2. The molecule has 3 nitrogen and oxygen atoms in total. The van der Waals surface area contributed by atoms with Crippen molar-refractivity contribution in [2.75, 3.05) is 0 Å². The minimum atomic E-state index is -0.145. The third-order valence-corrected chi connectivity index (χ3v) is 9.38. The van der Waals surface area contributed by atoms with Crippen molar-refractivity contribution in [3.05, 3.63) is 10.6 Å². The van der Waals surface area contributed by atoms with Crippen LogP contribution >= 0.6 is 11.6 Å². The van der Waals surface area contributed by atoms with Crippen LogP contribution in [0.4, 0.5) is 0 Å². The van der Waals surface area contributed by atoms with Gasteiger partial charge in [0.15, 0.2) is 0 Å². The first-order valence-corrected chi connectivity index (χ1v) is 10.7. The van der Waals surface area contributed by atoms with E-state index in [0.717, 1.165) is 49.0 Å².